The van der Waals surface area contributed by atoms with Crippen LogP contribution in [0.1, 0.15) is 11.1 Å². The normalized spacial score (nSPS) is 20.3. The summed E-state index contributed by atoms with van der Waals surface area (Å²) in [7, 11) is 0. The number of carbonyl (C=O) groups is 2. The molecule has 0 bridgehead atoms. The standard InChI is InChI=1S/C23H16BrFN2O2S/c24-16-7-11-18(12-8-16)27-21(28)14-30-23(27)19-3-1-2-4-20(19)26(22(23)29)13-15-5-9-17(25)10-6-15/h1-12H,13-14H2. The van der Waals surface area contributed by atoms with Crippen LogP contribution in [0.4, 0.5) is 15.8 Å². The van der Waals surface area contributed by atoms with Crippen molar-refractivity contribution >= 4 is 50.9 Å². The molecule has 1 fully saturated rings. The summed E-state index contributed by atoms with van der Waals surface area (Å²) < 4.78 is 14.2. The number of amides is 2. The molecule has 3 aromatic rings. The highest BCUT2D eigenvalue weighted by Gasteiger charge is 2.60. The van der Waals surface area contributed by atoms with Gasteiger partial charge in [-0.1, -0.05) is 46.3 Å². The summed E-state index contributed by atoms with van der Waals surface area (Å²) in [6.45, 7) is 0.306. The first-order chi connectivity index (χ1) is 14.5. The van der Waals surface area contributed by atoms with Gasteiger partial charge in [0.25, 0.3) is 5.91 Å². The molecule has 4 nitrogen and oxygen atoms in total. The van der Waals surface area contributed by atoms with Gasteiger partial charge < -0.3 is 4.90 Å². The summed E-state index contributed by atoms with van der Waals surface area (Å²) in [6, 6.07) is 21.1. The molecule has 0 aromatic heterocycles. The second kappa shape index (κ2) is 7.25. The lowest BCUT2D eigenvalue weighted by Gasteiger charge is -2.33. The van der Waals surface area contributed by atoms with E-state index in [1.807, 2.05) is 48.5 Å². The highest BCUT2D eigenvalue weighted by Crippen LogP contribution is 2.55. The van der Waals surface area contributed by atoms with Crippen LogP contribution in [0.5, 0.6) is 0 Å². The Kier molecular flexibility index (Phi) is 4.67. The molecule has 2 aliphatic heterocycles. The van der Waals surface area contributed by atoms with Gasteiger partial charge in [-0.25, -0.2) is 4.39 Å². The average molecular weight is 483 g/mol. The quantitative estimate of drug-likeness (QED) is 0.523. The third-order valence-electron chi connectivity index (χ3n) is 5.40. The van der Waals surface area contributed by atoms with Gasteiger partial charge in [0.05, 0.1) is 18.0 Å². The minimum Gasteiger partial charge on any atom is -0.304 e. The van der Waals surface area contributed by atoms with E-state index < -0.39 is 4.87 Å². The molecule has 5 rings (SSSR count). The van der Waals surface area contributed by atoms with E-state index in [0.717, 1.165) is 21.3 Å². The van der Waals surface area contributed by atoms with Crippen LogP contribution in [0.25, 0.3) is 0 Å². The molecule has 2 heterocycles. The number of benzene rings is 3. The molecule has 2 aliphatic rings. The minimum atomic E-state index is -1.14. The first-order valence-electron chi connectivity index (χ1n) is 9.39. The fourth-order valence-electron chi connectivity index (χ4n) is 4.07. The van der Waals surface area contributed by atoms with Crippen molar-refractivity contribution in [2.24, 2.45) is 0 Å². The van der Waals surface area contributed by atoms with E-state index in [1.54, 1.807) is 21.9 Å². The number of anilines is 2. The lowest BCUT2D eigenvalue weighted by atomic mass is 10.0. The molecule has 7 heteroatoms. The molecule has 0 aliphatic carbocycles. The Morgan fingerprint density at radius 3 is 2.40 bits per heavy atom. The van der Waals surface area contributed by atoms with E-state index in [2.05, 4.69) is 15.9 Å². The van der Waals surface area contributed by atoms with Crippen LogP contribution < -0.4 is 9.80 Å². The average Bonchev–Trinajstić information content (AvgIpc) is 3.22. The number of thioether (sulfide) groups is 1. The van der Waals surface area contributed by atoms with Crippen LogP contribution in [0, 0.1) is 5.82 Å². The lowest BCUT2D eigenvalue weighted by Crippen LogP contribution is -2.49. The second-order valence-electron chi connectivity index (χ2n) is 7.17. The van der Waals surface area contributed by atoms with Gasteiger partial charge in [-0.15, -0.1) is 11.8 Å². The van der Waals surface area contributed by atoms with E-state index in [9.17, 15) is 14.0 Å². The first kappa shape index (κ1) is 19.3. The van der Waals surface area contributed by atoms with Gasteiger partial charge in [-0.2, -0.15) is 0 Å². The van der Waals surface area contributed by atoms with Crippen LogP contribution in [-0.4, -0.2) is 17.6 Å². The molecule has 2 amide bonds. The van der Waals surface area contributed by atoms with Gasteiger partial charge in [0.15, 0.2) is 0 Å². The van der Waals surface area contributed by atoms with E-state index in [-0.39, 0.29) is 23.4 Å². The fourth-order valence-corrected chi connectivity index (χ4v) is 5.70. The van der Waals surface area contributed by atoms with Crippen molar-refractivity contribution in [2.45, 2.75) is 11.4 Å². The summed E-state index contributed by atoms with van der Waals surface area (Å²) in [6.07, 6.45) is 0. The molecule has 0 N–H and O–H groups in total. The molecule has 1 saturated heterocycles. The van der Waals surface area contributed by atoms with Crippen molar-refractivity contribution in [2.75, 3.05) is 15.6 Å². The zero-order valence-corrected chi connectivity index (χ0v) is 18.1. The molecule has 1 atom stereocenters. The maximum absolute atomic E-state index is 13.9. The predicted octanol–water partition coefficient (Wildman–Crippen LogP) is 5.07. The van der Waals surface area contributed by atoms with Gasteiger partial charge in [-0.3, -0.25) is 14.5 Å². The molecule has 1 spiro atoms. The SMILES string of the molecule is O=C1CSC2(C(=O)N(Cc3ccc(F)cc3)c3ccccc32)N1c1ccc(Br)cc1. The Labute approximate surface area is 185 Å². The van der Waals surface area contributed by atoms with E-state index in [1.165, 1.54) is 23.9 Å². The largest absolute Gasteiger partial charge is 0.304 e. The Bertz CT molecular complexity index is 1150. The number of halogens is 2. The maximum Gasteiger partial charge on any atom is 0.269 e. The highest BCUT2D eigenvalue weighted by molar-refractivity contribution is 9.10. The van der Waals surface area contributed by atoms with Crippen LogP contribution >= 0.6 is 27.7 Å². The van der Waals surface area contributed by atoms with Crippen LogP contribution in [0.3, 0.4) is 0 Å². The number of fused-ring (bicyclic) bond motifs is 2. The van der Waals surface area contributed by atoms with Crippen molar-refractivity contribution in [3.05, 3.63) is 94.2 Å². The van der Waals surface area contributed by atoms with E-state index >= 15 is 0 Å². The Balaban J connectivity index is 1.62. The van der Waals surface area contributed by atoms with Gasteiger partial charge >= 0.3 is 0 Å². The number of carbonyl (C=O) groups excluding carboxylic acids is 2. The third-order valence-corrected chi connectivity index (χ3v) is 7.32. The molecule has 30 heavy (non-hydrogen) atoms. The smallest absolute Gasteiger partial charge is 0.269 e. The van der Waals surface area contributed by atoms with Gasteiger partial charge in [0.2, 0.25) is 10.8 Å². The molecule has 0 saturated carbocycles. The van der Waals surface area contributed by atoms with Gasteiger partial charge in [0.1, 0.15) is 5.82 Å². The molecular formula is C23H16BrFN2O2S. The van der Waals surface area contributed by atoms with Crippen LogP contribution in [0.15, 0.2) is 77.3 Å². The molecule has 1 unspecified atom stereocenters. The Hall–Kier alpha value is -2.64. The van der Waals surface area contributed by atoms with Crippen molar-refractivity contribution in [1.29, 1.82) is 0 Å². The van der Waals surface area contributed by atoms with Gasteiger partial charge in [-0.05, 0) is 48.0 Å². The number of hydrogen-bond acceptors (Lipinski definition) is 3. The molecule has 150 valence electrons. The monoisotopic (exact) mass is 482 g/mol. The van der Waals surface area contributed by atoms with E-state index in [4.69, 9.17) is 0 Å². The number of rotatable bonds is 3. The fraction of sp³-hybridized carbons (Fsp3) is 0.130. The van der Waals surface area contributed by atoms with Crippen LogP contribution in [-0.2, 0) is 21.0 Å². The van der Waals surface area contributed by atoms with Crippen LogP contribution in [0.2, 0.25) is 0 Å². The zero-order valence-electron chi connectivity index (χ0n) is 15.7. The zero-order chi connectivity index (χ0) is 20.9. The molecule has 3 aromatic carbocycles. The first-order valence-corrected chi connectivity index (χ1v) is 11.2. The second-order valence-corrected chi connectivity index (χ2v) is 9.26. The Morgan fingerprint density at radius 2 is 1.67 bits per heavy atom. The van der Waals surface area contributed by atoms with E-state index in [0.29, 0.717) is 12.2 Å². The highest BCUT2D eigenvalue weighted by atomic mass is 79.9. The van der Waals surface area contributed by atoms with Crippen molar-refractivity contribution in [1.82, 2.24) is 0 Å². The summed E-state index contributed by atoms with van der Waals surface area (Å²) in [5, 5.41) is 0. The minimum absolute atomic E-state index is 0.103. The molecule has 0 radical (unpaired) electrons. The van der Waals surface area contributed by atoms with Crippen molar-refractivity contribution < 1.29 is 14.0 Å². The lowest BCUT2D eigenvalue weighted by molar-refractivity contribution is -0.123. The number of para-hydroxylation sites is 1. The third kappa shape index (κ3) is 2.87. The molecular weight excluding hydrogens is 467 g/mol. The summed E-state index contributed by atoms with van der Waals surface area (Å²) in [4.78, 5) is 29.0. The number of nitrogens with zero attached hydrogens (tertiary/aromatic N) is 2. The van der Waals surface area contributed by atoms with Gasteiger partial charge in [0, 0.05) is 15.7 Å². The predicted molar refractivity (Wildman–Crippen MR) is 120 cm³/mol. The summed E-state index contributed by atoms with van der Waals surface area (Å²) >= 11 is 4.77. The topological polar surface area (TPSA) is 40.6 Å². The Morgan fingerprint density at radius 1 is 0.967 bits per heavy atom. The summed E-state index contributed by atoms with van der Waals surface area (Å²) in [5.74, 6) is -0.358. The van der Waals surface area contributed by atoms with Crippen molar-refractivity contribution in [3.8, 4) is 0 Å². The number of hydrogen-bond donors (Lipinski definition) is 0. The summed E-state index contributed by atoms with van der Waals surface area (Å²) in [5.41, 5.74) is 3.08. The van der Waals surface area contributed by atoms with Crippen molar-refractivity contribution in [3.63, 3.8) is 0 Å². The maximum atomic E-state index is 13.9.